The fourth-order valence-electron chi connectivity index (χ4n) is 2.67. The van der Waals surface area contributed by atoms with Gasteiger partial charge < -0.3 is 14.2 Å². The molecule has 2 aromatic rings. The van der Waals surface area contributed by atoms with Crippen LogP contribution < -0.4 is 4.90 Å². The summed E-state index contributed by atoms with van der Waals surface area (Å²) in [5.74, 6) is 0.252. The lowest BCUT2D eigenvalue weighted by Gasteiger charge is -2.34. The van der Waals surface area contributed by atoms with Gasteiger partial charge in [0.15, 0.2) is 5.82 Å². The van der Waals surface area contributed by atoms with Crippen molar-refractivity contribution in [1.82, 2.24) is 14.8 Å². The summed E-state index contributed by atoms with van der Waals surface area (Å²) in [5, 5.41) is 17.2. The number of morpholine rings is 1. The molecule has 22 heavy (non-hydrogen) atoms. The van der Waals surface area contributed by atoms with Crippen molar-refractivity contribution in [1.29, 1.82) is 5.26 Å². The van der Waals surface area contributed by atoms with Gasteiger partial charge in [0, 0.05) is 13.1 Å². The van der Waals surface area contributed by atoms with E-state index in [1.54, 1.807) is 18.5 Å². The van der Waals surface area contributed by atoms with Crippen LogP contribution in [0, 0.1) is 17.1 Å². The van der Waals surface area contributed by atoms with E-state index in [4.69, 9.17) is 4.74 Å². The van der Waals surface area contributed by atoms with E-state index in [-0.39, 0.29) is 11.7 Å². The maximum Gasteiger partial charge on any atom is 0.163 e. The van der Waals surface area contributed by atoms with Crippen molar-refractivity contribution in [2.45, 2.75) is 19.6 Å². The van der Waals surface area contributed by atoms with Gasteiger partial charge in [0.05, 0.1) is 18.8 Å². The number of halogens is 1. The highest BCUT2D eigenvalue weighted by molar-refractivity contribution is 5.60. The topological polar surface area (TPSA) is 67.0 Å². The molecule has 6 nitrogen and oxygen atoms in total. The molecule has 0 spiro atoms. The maximum absolute atomic E-state index is 13.8. The Kier molecular flexibility index (Phi) is 4.02. The summed E-state index contributed by atoms with van der Waals surface area (Å²) in [6, 6.07) is 6.62. The maximum atomic E-state index is 13.8. The normalized spacial score (nSPS) is 18.2. The van der Waals surface area contributed by atoms with Gasteiger partial charge in [-0.05, 0) is 19.1 Å². The van der Waals surface area contributed by atoms with Gasteiger partial charge in [-0.15, -0.1) is 10.2 Å². The highest BCUT2D eigenvalue weighted by Gasteiger charge is 2.27. The van der Waals surface area contributed by atoms with E-state index in [1.807, 2.05) is 22.5 Å². The molecule has 0 unspecified atom stereocenters. The lowest BCUT2D eigenvalue weighted by Crippen LogP contribution is -2.39. The molecule has 1 aliphatic rings. The van der Waals surface area contributed by atoms with Crippen LogP contribution in [0.3, 0.4) is 0 Å². The number of rotatable bonds is 3. The first-order valence-electron chi connectivity index (χ1n) is 7.17. The van der Waals surface area contributed by atoms with E-state index in [9.17, 15) is 9.65 Å². The second kappa shape index (κ2) is 6.12. The molecule has 1 atom stereocenters. The smallest absolute Gasteiger partial charge is 0.163 e. The zero-order chi connectivity index (χ0) is 15.5. The molecule has 0 N–H and O–H groups in total. The molecule has 2 heterocycles. The average molecular weight is 301 g/mol. The Morgan fingerprint density at radius 1 is 1.50 bits per heavy atom. The van der Waals surface area contributed by atoms with E-state index < -0.39 is 5.82 Å². The molecule has 1 saturated heterocycles. The molecule has 0 radical (unpaired) electrons. The number of hydrogen-bond donors (Lipinski definition) is 0. The zero-order valence-electron chi connectivity index (χ0n) is 12.2. The molecular weight excluding hydrogens is 285 g/mol. The Morgan fingerprint density at radius 3 is 3.14 bits per heavy atom. The van der Waals surface area contributed by atoms with Gasteiger partial charge in [-0.2, -0.15) is 5.26 Å². The third-order valence-corrected chi connectivity index (χ3v) is 3.78. The first kappa shape index (κ1) is 14.5. The average Bonchev–Trinajstić information content (AvgIpc) is 3.03. The zero-order valence-corrected chi connectivity index (χ0v) is 12.2. The van der Waals surface area contributed by atoms with Crippen LogP contribution in [0.25, 0.3) is 0 Å². The second-order valence-corrected chi connectivity index (χ2v) is 5.03. The van der Waals surface area contributed by atoms with Crippen molar-refractivity contribution >= 4 is 5.69 Å². The minimum Gasteiger partial charge on any atom is -0.367 e. The Hall–Kier alpha value is -2.46. The number of nitriles is 1. The predicted octanol–water partition coefficient (Wildman–Crippen LogP) is 1.89. The predicted molar refractivity (Wildman–Crippen MR) is 77.7 cm³/mol. The van der Waals surface area contributed by atoms with Gasteiger partial charge in [0.25, 0.3) is 0 Å². The lowest BCUT2D eigenvalue weighted by molar-refractivity contribution is 0.0316. The summed E-state index contributed by atoms with van der Waals surface area (Å²) >= 11 is 0. The van der Waals surface area contributed by atoms with Gasteiger partial charge >= 0.3 is 0 Å². The van der Waals surface area contributed by atoms with Crippen molar-refractivity contribution < 1.29 is 9.13 Å². The van der Waals surface area contributed by atoms with Gasteiger partial charge in [-0.25, -0.2) is 4.39 Å². The number of nitrogens with zero attached hydrogens (tertiary/aromatic N) is 5. The summed E-state index contributed by atoms with van der Waals surface area (Å²) in [7, 11) is 0. The highest BCUT2D eigenvalue weighted by atomic mass is 19.1. The minimum absolute atomic E-state index is 0.0695. The monoisotopic (exact) mass is 301 g/mol. The first-order chi connectivity index (χ1) is 10.7. The number of aryl methyl sites for hydroxylation is 1. The number of hydrogen-bond acceptors (Lipinski definition) is 5. The molecule has 3 rings (SSSR count). The van der Waals surface area contributed by atoms with Gasteiger partial charge in [-0.1, -0.05) is 6.07 Å². The summed E-state index contributed by atoms with van der Waals surface area (Å²) < 4.78 is 21.5. The number of anilines is 1. The summed E-state index contributed by atoms with van der Waals surface area (Å²) in [5.41, 5.74) is 0.665. The standard InChI is InChI=1S/C15H16FN5O/c1-2-20-10-18-19-15(20)14-9-21(6-7-22-14)13-5-3-4-12(16)11(13)8-17/h3-5,10,14H,2,6-7,9H2,1H3/t14-/m0/s1. The molecule has 1 aromatic carbocycles. The fraction of sp³-hybridized carbons (Fsp3) is 0.400. The summed E-state index contributed by atoms with van der Waals surface area (Å²) in [4.78, 5) is 1.96. The van der Waals surface area contributed by atoms with Crippen LogP contribution in [-0.4, -0.2) is 34.5 Å². The van der Waals surface area contributed by atoms with Crippen molar-refractivity contribution in [2.75, 3.05) is 24.6 Å². The Bertz CT molecular complexity index is 708. The summed E-state index contributed by atoms with van der Waals surface area (Å²) in [6.45, 7) is 4.37. The van der Waals surface area contributed by atoms with Crippen LogP contribution in [0.2, 0.25) is 0 Å². The van der Waals surface area contributed by atoms with Crippen LogP contribution in [0.1, 0.15) is 24.4 Å². The molecule has 0 saturated carbocycles. The minimum atomic E-state index is -0.500. The van der Waals surface area contributed by atoms with E-state index >= 15 is 0 Å². The highest BCUT2D eigenvalue weighted by Crippen LogP contribution is 2.28. The number of aromatic nitrogens is 3. The largest absolute Gasteiger partial charge is 0.367 e. The Labute approximate surface area is 127 Å². The molecule has 0 amide bonds. The SMILES string of the molecule is CCn1cnnc1[C@@H]1CN(c2cccc(F)c2C#N)CCO1. The van der Waals surface area contributed by atoms with E-state index in [0.29, 0.717) is 25.4 Å². The van der Waals surface area contributed by atoms with Crippen molar-refractivity contribution in [3.8, 4) is 6.07 Å². The van der Waals surface area contributed by atoms with E-state index in [1.165, 1.54) is 6.07 Å². The molecule has 0 bridgehead atoms. The summed E-state index contributed by atoms with van der Waals surface area (Å²) in [6.07, 6.45) is 1.42. The number of benzene rings is 1. The van der Waals surface area contributed by atoms with Gasteiger partial charge in [-0.3, -0.25) is 0 Å². The molecule has 1 aromatic heterocycles. The van der Waals surface area contributed by atoms with Crippen molar-refractivity contribution in [3.05, 3.63) is 41.7 Å². The van der Waals surface area contributed by atoms with Crippen LogP contribution in [-0.2, 0) is 11.3 Å². The van der Waals surface area contributed by atoms with Crippen molar-refractivity contribution in [2.24, 2.45) is 0 Å². The quantitative estimate of drug-likeness (QED) is 0.866. The van der Waals surface area contributed by atoms with Crippen LogP contribution >= 0.6 is 0 Å². The first-order valence-corrected chi connectivity index (χ1v) is 7.17. The van der Waals surface area contributed by atoms with Crippen LogP contribution in [0.15, 0.2) is 24.5 Å². The van der Waals surface area contributed by atoms with Crippen molar-refractivity contribution in [3.63, 3.8) is 0 Å². The molecule has 114 valence electrons. The Morgan fingerprint density at radius 2 is 2.36 bits per heavy atom. The Balaban J connectivity index is 1.88. The fourth-order valence-corrected chi connectivity index (χ4v) is 2.67. The third-order valence-electron chi connectivity index (χ3n) is 3.78. The number of ether oxygens (including phenoxy) is 1. The van der Waals surface area contributed by atoms with Gasteiger partial charge in [0.1, 0.15) is 29.9 Å². The second-order valence-electron chi connectivity index (χ2n) is 5.03. The third kappa shape index (κ3) is 2.53. The molecule has 0 aliphatic carbocycles. The van der Waals surface area contributed by atoms with Crippen LogP contribution in [0.4, 0.5) is 10.1 Å². The molecule has 1 fully saturated rings. The van der Waals surface area contributed by atoms with Crippen LogP contribution in [0.5, 0.6) is 0 Å². The molecule has 1 aliphatic heterocycles. The lowest BCUT2D eigenvalue weighted by atomic mass is 10.1. The van der Waals surface area contributed by atoms with Gasteiger partial charge in [0.2, 0.25) is 0 Å². The molecule has 7 heteroatoms. The molecular formula is C15H16FN5O. The van der Waals surface area contributed by atoms with E-state index in [2.05, 4.69) is 10.2 Å². The van der Waals surface area contributed by atoms with E-state index in [0.717, 1.165) is 12.4 Å².